The van der Waals surface area contributed by atoms with Gasteiger partial charge in [0.2, 0.25) is 0 Å². The van der Waals surface area contributed by atoms with Crippen molar-refractivity contribution in [2.45, 2.75) is 13.1 Å². The molecule has 0 atom stereocenters. The number of nitrogens with two attached hydrogens (primary N) is 1. The summed E-state index contributed by atoms with van der Waals surface area (Å²) in [6.07, 6.45) is 0. The van der Waals surface area contributed by atoms with Crippen LogP contribution in [-0.2, 0) is 13.1 Å². The van der Waals surface area contributed by atoms with Crippen molar-refractivity contribution in [2.24, 2.45) is 5.73 Å². The molecule has 0 unspecified atom stereocenters. The van der Waals surface area contributed by atoms with Crippen molar-refractivity contribution in [1.29, 1.82) is 0 Å². The van der Waals surface area contributed by atoms with Crippen LogP contribution in [0.15, 0.2) is 35.7 Å². The molecule has 0 fully saturated rings. The molecule has 0 saturated carbocycles. The second-order valence-corrected chi connectivity index (χ2v) is 4.05. The van der Waals surface area contributed by atoms with E-state index in [1.165, 1.54) is 5.56 Å². The van der Waals surface area contributed by atoms with E-state index in [-0.39, 0.29) is 0 Å². The second-order valence-electron chi connectivity index (χ2n) is 3.19. The molecule has 0 radical (unpaired) electrons. The molecule has 1 heterocycles. The summed E-state index contributed by atoms with van der Waals surface area (Å²) in [6.45, 7) is 1.31. The van der Waals surface area contributed by atoms with Gasteiger partial charge in [0.05, 0.1) is 5.69 Å². The van der Waals surface area contributed by atoms with Crippen molar-refractivity contribution in [3.63, 3.8) is 0 Å². The third kappa shape index (κ3) is 2.78. The van der Waals surface area contributed by atoms with Crippen LogP contribution in [0.4, 0.5) is 5.13 Å². The molecule has 0 spiro atoms. The summed E-state index contributed by atoms with van der Waals surface area (Å²) >= 11 is 1.59. The molecular formula is C11H13N3S. The number of hydrogen-bond donors (Lipinski definition) is 2. The zero-order valence-corrected chi connectivity index (χ0v) is 9.13. The molecule has 1 aromatic heterocycles. The molecule has 0 saturated heterocycles. The highest BCUT2D eigenvalue weighted by Gasteiger charge is 1.99. The van der Waals surface area contributed by atoms with Gasteiger partial charge in [-0.05, 0) is 5.56 Å². The van der Waals surface area contributed by atoms with E-state index in [9.17, 15) is 0 Å². The van der Waals surface area contributed by atoms with Gasteiger partial charge in [0.25, 0.3) is 0 Å². The Kier molecular flexibility index (Phi) is 3.32. The Morgan fingerprint density at radius 3 is 2.73 bits per heavy atom. The topological polar surface area (TPSA) is 50.9 Å². The van der Waals surface area contributed by atoms with Gasteiger partial charge in [-0.1, -0.05) is 30.3 Å². The molecule has 0 bridgehead atoms. The van der Waals surface area contributed by atoms with Crippen LogP contribution in [0.2, 0.25) is 0 Å². The van der Waals surface area contributed by atoms with Crippen molar-refractivity contribution in [3.8, 4) is 0 Å². The van der Waals surface area contributed by atoms with Crippen LogP contribution >= 0.6 is 11.3 Å². The van der Waals surface area contributed by atoms with Crippen LogP contribution in [0.5, 0.6) is 0 Å². The van der Waals surface area contributed by atoms with Gasteiger partial charge >= 0.3 is 0 Å². The normalized spacial score (nSPS) is 10.2. The lowest BCUT2D eigenvalue weighted by Crippen LogP contribution is -2.00. The highest BCUT2D eigenvalue weighted by molar-refractivity contribution is 7.13. The molecule has 4 heteroatoms. The van der Waals surface area contributed by atoms with Gasteiger partial charge in [-0.3, -0.25) is 0 Å². The van der Waals surface area contributed by atoms with Crippen LogP contribution in [0.3, 0.4) is 0 Å². The molecular weight excluding hydrogens is 206 g/mol. The minimum absolute atomic E-state index is 0.503. The Balaban J connectivity index is 1.93. The maximum Gasteiger partial charge on any atom is 0.183 e. The number of benzene rings is 1. The molecule has 0 aliphatic carbocycles. The van der Waals surface area contributed by atoms with Gasteiger partial charge in [0, 0.05) is 18.5 Å². The molecule has 0 amide bonds. The SMILES string of the molecule is NCc1csc(NCc2ccccc2)n1. The maximum atomic E-state index is 5.49. The van der Waals surface area contributed by atoms with Gasteiger partial charge < -0.3 is 11.1 Å². The van der Waals surface area contributed by atoms with Crippen LogP contribution in [0, 0.1) is 0 Å². The van der Waals surface area contributed by atoms with Crippen LogP contribution < -0.4 is 11.1 Å². The molecule has 3 nitrogen and oxygen atoms in total. The van der Waals surface area contributed by atoms with E-state index in [4.69, 9.17) is 5.73 Å². The van der Waals surface area contributed by atoms with Crippen molar-refractivity contribution in [1.82, 2.24) is 4.98 Å². The minimum Gasteiger partial charge on any atom is -0.357 e. The van der Waals surface area contributed by atoms with E-state index in [2.05, 4.69) is 22.4 Å². The number of nitrogens with one attached hydrogen (secondary N) is 1. The van der Waals surface area contributed by atoms with Gasteiger partial charge in [-0.2, -0.15) is 0 Å². The van der Waals surface area contributed by atoms with Crippen LogP contribution in [0.1, 0.15) is 11.3 Å². The second kappa shape index (κ2) is 4.91. The monoisotopic (exact) mass is 219 g/mol. The average molecular weight is 219 g/mol. The van der Waals surface area contributed by atoms with E-state index < -0.39 is 0 Å². The summed E-state index contributed by atoms with van der Waals surface area (Å²) in [5.74, 6) is 0. The van der Waals surface area contributed by atoms with Crippen molar-refractivity contribution in [2.75, 3.05) is 5.32 Å². The summed E-state index contributed by atoms with van der Waals surface area (Å²) in [4.78, 5) is 4.33. The Bertz CT molecular complexity index is 411. The predicted octanol–water partition coefficient (Wildman–Crippen LogP) is 2.21. The van der Waals surface area contributed by atoms with E-state index in [0.29, 0.717) is 6.54 Å². The molecule has 1 aromatic carbocycles. The van der Waals surface area contributed by atoms with Gasteiger partial charge in [0.15, 0.2) is 5.13 Å². The average Bonchev–Trinajstić information content (AvgIpc) is 2.76. The molecule has 15 heavy (non-hydrogen) atoms. The van der Waals surface area contributed by atoms with Gasteiger partial charge in [-0.25, -0.2) is 4.98 Å². The first-order valence-corrected chi connectivity index (χ1v) is 5.68. The van der Waals surface area contributed by atoms with Crippen molar-refractivity contribution < 1.29 is 0 Å². The van der Waals surface area contributed by atoms with E-state index in [0.717, 1.165) is 17.4 Å². The van der Waals surface area contributed by atoms with E-state index in [1.54, 1.807) is 11.3 Å². The van der Waals surface area contributed by atoms with E-state index >= 15 is 0 Å². The number of thiazole rings is 1. The zero-order chi connectivity index (χ0) is 10.5. The third-order valence-electron chi connectivity index (χ3n) is 2.05. The summed E-state index contributed by atoms with van der Waals surface area (Å²) in [5, 5.41) is 6.18. The molecule has 3 N–H and O–H groups in total. The Morgan fingerprint density at radius 2 is 2.07 bits per heavy atom. The minimum atomic E-state index is 0.503. The maximum absolute atomic E-state index is 5.49. The standard InChI is InChI=1S/C11H13N3S/c12-6-10-8-15-11(14-10)13-7-9-4-2-1-3-5-9/h1-5,8H,6-7,12H2,(H,13,14). The Labute approximate surface area is 93.0 Å². The quantitative estimate of drug-likeness (QED) is 0.829. The molecule has 2 aromatic rings. The highest BCUT2D eigenvalue weighted by Crippen LogP contribution is 2.15. The molecule has 0 aliphatic heterocycles. The number of anilines is 1. The Hall–Kier alpha value is -1.39. The smallest absolute Gasteiger partial charge is 0.183 e. The predicted molar refractivity (Wildman–Crippen MR) is 63.8 cm³/mol. The lowest BCUT2D eigenvalue weighted by atomic mass is 10.2. The number of rotatable bonds is 4. The fourth-order valence-electron chi connectivity index (χ4n) is 1.26. The fourth-order valence-corrected chi connectivity index (χ4v) is 1.98. The van der Waals surface area contributed by atoms with E-state index in [1.807, 2.05) is 23.6 Å². The first-order chi connectivity index (χ1) is 7.38. The molecule has 78 valence electrons. The Morgan fingerprint density at radius 1 is 1.27 bits per heavy atom. The number of aromatic nitrogens is 1. The van der Waals surface area contributed by atoms with Crippen molar-refractivity contribution in [3.05, 3.63) is 47.0 Å². The first kappa shape index (κ1) is 10.1. The first-order valence-electron chi connectivity index (χ1n) is 4.81. The van der Waals surface area contributed by atoms with Crippen LogP contribution in [-0.4, -0.2) is 4.98 Å². The molecule has 2 rings (SSSR count). The summed E-state index contributed by atoms with van der Waals surface area (Å²) < 4.78 is 0. The van der Waals surface area contributed by atoms with Gasteiger partial charge in [0.1, 0.15) is 0 Å². The van der Waals surface area contributed by atoms with Crippen LogP contribution in [0.25, 0.3) is 0 Å². The molecule has 0 aliphatic rings. The summed E-state index contributed by atoms with van der Waals surface area (Å²) in [6, 6.07) is 10.3. The lowest BCUT2D eigenvalue weighted by molar-refractivity contribution is 1.00. The lowest BCUT2D eigenvalue weighted by Gasteiger charge is -2.01. The third-order valence-corrected chi connectivity index (χ3v) is 2.90. The highest BCUT2D eigenvalue weighted by atomic mass is 32.1. The summed E-state index contributed by atoms with van der Waals surface area (Å²) in [5.41, 5.74) is 7.68. The largest absolute Gasteiger partial charge is 0.357 e. The number of hydrogen-bond acceptors (Lipinski definition) is 4. The van der Waals surface area contributed by atoms with Gasteiger partial charge in [-0.15, -0.1) is 11.3 Å². The van der Waals surface area contributed by atoms with Crippen molar-refractivity contribution >= 4 is 16.5 Å². The number of nitrogens with zero attached hydrogens (tertiary/aromatic N) is 1. The summed E-state index contributed by atoms with van der Waals surface area (Å²) in [7, 11) is 0. The fraction of sp³-hybridized carbons (Fsp3) is 0.182. The zero-order valence-electron chi connectivity index (χ0n) is 8.31.